The number of nitrogens with zero attached hydrogens (tertiary/aromatic N) is 3. The predicted molar refractivity (Wildman–Crippen MR) is 117 cm³/mol. The molecule has 1 aliphatic rings. The van der Waals surface area contributed by atoms with E-state index in [0.29, 0.717) is 42.1 Å². The van der Waals surface area contributed by atoms with Crippen LogP contribution < -0.4 is 5.32 Å². The third-order valence-corrected chi connectivity index (χ3v) is 5.89. The van der Waals surface area contributed by atoms with Crippen molar-refractivity contribution in [3.05, 3.63) is 70.0 Å². The predicted octanol–water partition coefficient (Wildman–Crippen LogP) is 3.93. The van der Waals surface area contributed by atoms with Gasteiger partial charge in [0.2, 0.25) is 0 Å². The molecule has 2 heterocycles. The van der Waals surface area contributed by atoms with Crippen LogP contribution in [0.4, 0.5) is 0 Å². The maximum atomic E-state index is 13.0. The van der Waals surface area contributed by atoms with Crippen LogP contribution in [0.3, 0.4) is 0 Å². The van der Waals surface area contributed by atoms with E-state index in [1.165, 1.54) is 0 Å². The van der Waals surface area contributed by atoms with Crippen LogP contribution in [-0.4, -0.2) is 45.8 Å². The van der Waals surface area contributed by atoms with E-state index in [4.69, 9.17) is 11.6 Å². The number of aryl methyl sites for hydroxylation is 2. The number of piperidine rings is 1. The van der Waals surface area contributed by atoms with E-state index in [-0.39, 0.29) is 17.9 Å². The molecule has 1 aromatic heterocycles. The Balaban J connectivity index is 1.39. The highest BCUT2D eigenvalue weighted by molar-refractivity contribution is 6.33. The molecule has 3 aromatic rings. The number of benzene rings is 2. The SMILES string of the molecule is Cc1nc2ccc(C(=O)N3CCC(NC(=O)c4ccccc4Cl)CC3)cc2nc1C. The van der Waals surface area contributed by atoms with Crippen molar-refractivity contribution in [2.45, 2.75) is 32.7 Å². The minimum Gasteiger partial charge on any atom is -0.349 e. The van der Waals surface area contributed by atoms with E-state index >= 15 is 0 Å². The van der Waals surface area contributed by atoms with Gasteiger partial charge in [-0.2, -0.15) is 0 Å². The summed E-state index contributed by atoms with van der Waals surface area (Å²) < 4.78 is 0. The fraction of sp³-hybridized carbons (Fsp3) is 0.304. The lowest BCUT2D eigenvalue weighted by molar-refractivity contribution is 0.0698. The number of amides is 2. The van der Waals surface area contributed by atoms with Gasteiger partial charge in [-0.1, -0.05) is 23.7 Å². The van der Waals surface area contributed by atoms with E-state index in [2.05, 4.69) is 15.3 Å². The van der Waals surface area contributed by atoms with Gasteiger partial charge in [0.05, 0.1) is 33.0 Å². The van der Waals surface area contributed by atoms with Gasteiger partial charge in [0, 0.05) is 24.7 Å². The minimum atomic E-state index is -0.177. The molecule has 4 rings (SSSR count). The molecular weight excluding hydrogens is 400 g/mol. The Hall–Kier alpha value is -2.99. The second-order valence-corrected chi connectivity index (χ2v) is 8.02. The first-order valence-electron chi connectivity index (χ1n) is 10.0. The van der Waals surface area contributed by atoms with Crippen molar-refractivity contribution in [1.82, 2.24) is 20.2 Å². The molecule has 1 fully saturated rings. The van der Waals surface area contributed by atoms with Crippen molar-refractivity contribution in [2.75, 3.05) is 13.1 Å². The molecule has 1 saturated heterocycles. The normalized spacial score (nSPS) is 14.7. The van der Waals surface area contributed by atoms with Crippen molar-refractivity contribution >= 4 is 34.4 Å². The molecule has 0 spiro atoms. The Morgan fingerprint density at radius 1 is 1.00 bits per heavy atom. The van der Waals surface area contributed by atoms with Gasteiger partial charge in [-0.05, 0) is 57.0 Å². The van der Waals surface area contributed by atoms with Crippen molar-refractivity contribution in [3.8, 4) is 0 Å². The highest BCUT2D eigenvalue weighted by Gasteiger charge is 2.25. The fourth-order valence-corrected chi connectivity index (χ4v) is 3.90. The number of carbonyl (C=O) groups excluding carboxylic acids is 2. The molecule has 1 N–H and O–H groups in total. The van der Waals surface area contributed by atoms with Gasteiger partial charge in [0.25, 0.3) is 11.8 Å². The van der Waals surface area contributed by atoms with Crippen LogP contribution >= 0.6 is 11.6 Å². The first-order valence-corrected chi connectivity index (χ1v) is 10.4. The van der Waals surface area contributed by atoms with Gasteiger partial charge >= 0.3 is 0 Å². The van der Waals surface area contributed by atoms with Crippen LogP contribution in [0.15, 0.2) is 42.5 Å². The summed E-state index contributed by atoms with van der Waals surface area (Å²) in [7, 11) is 0. The van der Waals surface area contributed by atoms with Crippen molar-refractivity contribution in [1.29, 1.82) is 0 Å². The molecule has 0 unspecified atom stereocenters. The second kappa shape index (κ2) is 8.40. The zero-order valence-corrected chi connectivity index (χ0v) is 17.7. The van der Waals surface area contributed by atoms with Crippen LogP contribution in [0.5, 0.6) is 0 Å². The van der Waals surface area contributed by atoms with Gasteiger partial charge < -0.3 is 10.2 Å². The summed E-state index contributed by atoms with van der Waals surface area (Å²) in [5.41, 5.74) is 4.35. The van der Waals surface area contributed by atoms with Crippen LogP contribution in [-0.2, 0) is 0 Å². The fourth-order valence-electron chi connectivity index (χ4n) is 3.68. The summed E-state index contributed by atoms with van der Waals surface area (Å²) in [6, 6.07) is 12.5. The van der Waals surface area contributed by atoms with Crippen molar-refractivity contribution in [3.63, 3.8) is 0 Å². The number of carbonyl (C=O) groups is 2. The summed E-state index contributed by atoms with van der Waals surface area (Å²) in [4.78, 5) is 36.3. The number of likely N-dealkylation sites (tertiary alicyclic amines) is 1. The van der Waals surface area contributed by atoms with E-state index in [1.807, 2.05) is 30.9 Å². The molecular formula is C23H23ClN4O2. The van der Waals surface area contributed by atoms with E-state index in [1.54, 1.807) is 30.3 Å². The smallest absolute Gasteiger partial charge is 0.253 e. The van der Waals surface area contributed by atoms with Crippen molar-refractivity contribution in [2.24, 2.45) is 0 Å². The molecule has 0 atom stereocenters. The van der Waals surface area contributed by atoms with Gasteiger partial charge in [0.15, 0.2) is 0 Å². The first-order chi connectivity index (χ1) is 14.4. The summed E-state index contributed by atoms with van der Waals surface area (Å²) >= 11 is 6.11. The standard InChI is InChI=1S/C23H23ClN4O2/c1-14-15(2)26-21-13-16(7-8-20(21)25-14)23(30)28-11-9-17(10-12-28)27-22(29)18-5-3-4-6-19(18)24/h3-8,13,17H,9-12H2,1-2H3,(H,27,29). The Labute approximate surface area is 180 Å². The third kappa shape index (κ3) is 4.14. The van der Waals surface area contributed by atoms with E-state index < -0.39 is 0 Å². The molecule has 2 amide bonds. The average Bonchev–Trinajstić information content (AvgIpc) is 2.74. The number of fused-ring (bicyclic) bond motifs is 1. The van der Waals surface area contributed by atoms with Gasteiger partial charge in [0.1, 0.15) is 0 Å². The van der Waals surface area contributed by atoms with Crippen LogP contribution in [0.2, 0.25) is 5.02 Å². The summed E-state index contributed by atoms with van der Waals surface area (Å²) in [6.45, 7) is 5.01. The van der Waals surface area contributed by atoms with E-state index in [0.717, 1.165) is 22.4 Å². The summed E-state index contributed by atoms with van der Waals surface area (Å²) in [5.74, 6) is -0.197. The first kappa shape index (κ1) is 20.3. The van der Waals surface area contributed by atoms with E-state index in [9.17, 15) is 9.59 Å². The molecule has 0 radical (unpaired) electrons. The summed E-state index contributed by atoms with van der Waals surface area (Å²) in [5, 5.41) is 3.47. The molecule has 0 saturated carbocycles. The maximum Gasteiger partial charge on any atom is 0.253 e. The van der Waals surface area contributed by atoms with Crippen LogP contribution in [0.1, 0.15) is 44.9 Å². The maximum absolute atomic E-state index is 13.0. The number of halogens is 1. The van der Waals surface area contributed by atoms with Crippen molar-refractivity contribution < 1.29 is 9.59 Å². The average molecular weight is 423 g/mol. The number of rotatable bonds is 3. The van der Waals surface area contributed by atoms with Gasteiger partial charge in [-0.15, -0.1) is 0 Å². The Morgan fingerprint density at radius 2 is 1.67 bits per heavy atom. The Morgan fingerprint density at radius 3 is 2.37 bits per heavy atom. The lowest BCUT2D eigenvalue weighted by Gasteiger charge is -2.32. The number of nitrogens with one attached hydrogen (secondary N) is 1. The molecule has 0 aliphatic carbocycles. The monoisotopic (exact) mass is 422 g/mol. The lowest BCUT2D eigenvalue weighted by Crippen LogP contribution is -2.46. The minimum absolute atomic E-state index is 0.0194. The molecule has 154 valence electrons. The van der Waals surface area contributed by atoms with Crippen LogP contribution in [0.25, 0.3) is 11.0 Å². The number of hydrogen-bond acceptors (Lipinski definition) is 4. The lowest BCUT2D eigenvalue weighted by atomic mass is 10.0. The number of aromatic nitrogens is 2. The quantitative estimate of drug-likeness (QED) is 0.693. The molecule has 0 bridgehead atoms. The molecule has 7 heteroatoms. The van der Waals surface area contributed by atoms with Gasteiger partial charge in [-0.3, -0.25) is 9.59 Å². The van der Waals surface area contributed by atoms with Gasteiger partial charge in [-0.25, -0.2) is 9.97 Å². The topological polar surface area (TPSA) is 75.2 Å². The molecule has 6 nitrogen and oxygen atoms in total. The Bertz CT molecular complexity index is 1120. The molecule has 30 heavy (non-hydrogen) atoms. The second-order valence-electron chi connectivity index (χ2n) is 7.62. The number of hydrogen-bond donors (Lipinski definition) is 1. The third-order valence-electron chi connectivity index (χ3n) is 5.56. The largest absolute Gasteiger partial charge is 0.349 e. The molecule has 1 aliphatic heterocycles. The van der Waals surface area contributed by atoms with Crippen LogP contribution in [0, 0.1) is 13.8 Å². The zero-order chi connectivity index (χ0) is 21.3. The highest BCUT2D eigenvalue weighted by Crippen LogP contribution is 2.20. The zero-order valence-electron chi connectivity index (χ0n) is 17.0. The summed E-state index contributed by atoms with van der Waals surface area (Å²) in [6.07, 6.45) is 1.40. The highest BCUT2D eigenvalue weighted by atomic mass is 35.5. The molecule has 2 aromatic carbocycles. The Kier molecular flexibility index (Phi) is 5.68.